The van der Waals surface area contributed by atoms with Gasteiger partial charge in [0.2, 0.25) is 0 Å². The van der Waals surface area contributed by atoms with Gasteiger partial charge in [-0.2, -0.15) is 5.10 Å². The van der Waals surface area contributed by atoms with Gasteiger partial charge < -0.3 is 9.80 Å². The van der Waals surface area contributed by atoms with Gasteiger partial charge in [-0.15, -0.1) is 0 Å². The van der Waals surface area contributed by atoms with Crippen LogP contribution in [0.1, 0.15) is 15.9 Å². The van der Waals surface area contributed by atoms with Crippen molar-refractivity contribution in [2.24, 2.45) is 0 Å². The normalized spacial score (nSPS) is 14.2. The zero-order valence-corrected chi connectivity index (χ0v) is 18.2. The van der Waals surface area contributed by atoms with Crippen LogP contribution in [-0.4, -0.2) is 46.8 Å². The van der Waals surface area contributed by atoms with Gasteiger partial charge in [0.15, 0.2) is 0 Å². The average molecular weight is 449 g/mol. The Bertz CT molecular complexity index is 1280. The maximum absolute atomic E-state index is 14.1. The molecule has 3 aromatic carbocycles. The number of fused-ring (bicyclic) bond motifs is 1. The molecule has 0 unspecified atom stereocenters. The van der Waals surface area contributed by atoms with Gasteiger partial charge in [0.25, 0.3) is 5.91 Å². The summed E-state index contributed by atoms with van der Waals surface area (Å²) in [6.45, 7) is 2.87. The molecule has 1 aromatic heterocycles. The molecule has 0 bridgehead atoms. The smallest absolute Gasteiger partial charge is 0.254 e. The van der Waals surface area contributed by atoms with Crippen LogP contribution in [0.3, 0.4) is 0 Å². The number of benzene rings is 3. The maximum Gasteiger partial charge on any atom is 0.254 e. The van der Waals surface area contributed by atoms with Crippen LogP contribution in [0.15, 0.2) is 72.9 Å². The number of carbonyl (C=O) groups excluding carboxylic acids is 1. The van der Waals surface area contributed by atoms with Gasteiger partial charge in [-0.05, 0) is 42.0 Å². The quantitative estimate of drug-likeness (QED) is 0.448. The third-order valence-corrected chi connectivity index (χ3v) is 6.11. The zero-order valence-electron chi connectivity index (χ0n) is 17.4. The Hall–Kier alpha value is -3.38. The Morgan fingerprint density at radius 2 is 1.78 bits per heavy atom. The van der Waals surface area contributed by atoms with E-state index in [2.05, 4.69) is 5.10 Å². The second-order valence-electron chi connectivity index (χ2n) is 7.94. The van der Waals surface area contributed by atoms with E-state index in [-0.39, 0.29) is 11.7 Å². The highest BCUT2D eigenvalue weighted by Gasteiger charge is 2.24. The second-order valence-corrected chi connectivity index (χ2v) is 8.37. The van der Waals surface area contributed by atoms with Gasteiger partial charge in [0.05, 0.1) is 23.9 Å². The number of anilines is 1. The van der Waals surface area contributed by atoms with Crippen LogP contribution in [0.4, 0.5) is 10.1 Å². The molecule has 5 nitrogen and oxygen atoms in total. The molecule has 32 heavy (non-hydrogen) atoms. The highest BCUT2D eigenvalue weighted by atomic mass is 35.5. The van der Waals surface area contributed by atoms with E-state index in [4.69, 9.17) is 11.6 Å². The van der Waals surface area contributed by atoms with Crippen molar-refractivity contribution in [3.63, 3.8) is 0 Å². The molecule has 7 heteroatoms. The molecular weight excluding hydrogens is 427 g/mol. The van der Waals surface area contributed by atoms with E-state index in [1.165, 1.54) is 6.07 Å². The molecule has 1 aliphatic rings. The fourth-order valence-electron chi connectivity index (χ4n) is 4.18. The molecule has 1 saturated heterocycles. The summed E-state index contributed by atoms with van der Waals surface area (Å²) in [7, 11) is 0. The zero-order chi connectivity index (χ0) is 22.1. The summed E-state index contributed by atoms with van der Waals surface area (Å²) in [6.07, 6.45) is 1.81. The fourth-order valence-corrected chi connectivity index (χ4v) is 4.39. The summed E-state index contributed by atoms with van der Waals surface area (Å²) in [6, 6.07) is 20.1. The van der Waals surface area contributed by atoms with Gasteiger partial charge >= 0.3 is 0 Å². The SMILES string of the molecule is O=C(c1ccc2cnn(Cc3cccc(Cl)c3)c2c1)N1CCN(c2ccccc2F)CC1. The van der Waals surface area contributed by atoms with Crippen molar-refractivity contribution in [2.75, 3.05) is 31.1 Å². The first-order valence-electron chi connectivity index (χ1n) is 10.6. The van der Waals surface area contributed by atoms with Crippen LogP contribution in [0.5, 0.6) is 0 Å². The number of piperazine rings is 1. The standard InChI is InChI=1S/C25H22ClFN4O/c26-21-5-3-4-18(14-21)17-31-24-15-19(8-9-20(24)16-28-31)25(32)30-12-10-29(11-13-30)23-7-2-1-6-22(23)27/h1-9,14-16H,10-13,17H2. The Balaban J connectivity index is 1.32. The average Bonchev–Trinajstić information content (AvgIpc) is 3.21. The van der Waals surface area contributed by atoms with E-state index in [9.17, 15) is 9.18 Å². The number of hydrogen-bond donors (Lipinski definition) is 0. The molecular formula is C25H22ClFN4O. The predicted octanol–water partition coefficient (Wildman–Crippen LogP) is 4.84. The van der Waals surface area contributed by atoms with Crippen LogP contribution in [0.25, 0.3) is 10.9 Å². The number of rotatable bonds is 4. The lowest BCUT2D eigenvalue weighted by atomic mass is 10.1. The minimum Gasteiger partial charge on any atom is -0.366 e. The van der Waals surface area contributed by atoms with E-state index in [0.717, 1.165) is 16.5 Å². The lowest BCUT2D eigenvalue weighted by molar-refractivity contribution is 0.0747. The summed E-state index contributed by atoms with van der Waals surface area (Å²) in [5.74, 6) is -0.249. The number of aromatic nitrogens is 2. The van der Waals surface area contributed by atoms with E-state index < -0.39 is 0 Å². The minimum absolute atomic E-state index is 0.0180. The van der Waals surface area contributed by atoms with Crippen molar-refractivity contribution < 1.29 is 9.18 Å². The molecule has 0 N–H and O–H groups in total. The largest absolute Gasteiger partial charge is 0.366 e. The van der Waals surface area contributed by atoms with Gasteiger partial charge in [0, 0.05) is 42.2 Å². The van der Waals surface area contributed by atoms with Crippen molar-refractivity contribution in [3.8, 4) is 0 Å². The number of amides is 1. The van der Waals surface area contributed by atoms with Gasteiger partial charge in [-0.25, -0.2) is 4.39 Å². The Morgan fingerprint density at radius 1 is 0.969 bits per heavy atom. The van der Waals surface area contributed by atoms with Crippen LogP contribution in [0, 0.1) is 5.82 Å². The molecule has 1 amide bonds. The fraction of sp³-hybridized carbons (Fsp3) is 0.200. The molecule has 4 aromatic rings. The Morgan fingerprint density at radius 3 is 2.56 bits per heavy atom. The topological polar surface area (TPSA) is 41.4 Å². The summed E-state index contributed by atoms with van der Waals surface area (Å²) >= 11 is 6.11. The van der Waals surface area contributed by atoms with Crippen molar-refractivity contribution in [1.82, 2.24) is 14.7 Å². The number of nitrogens with zero attached hydrogens (tertiary/aromatic N) is 4. The molecule has 1 fully saturated rings. The van der Waals surface area contributed by atoms with E-state index >= 15 is 0 Å². The summed E-state index contributed by atoms with van der Waals surface area (Å²) < 4.78 is 16.0. The monoisotopic (exact) mass is 448 g/mol. The Kier molecular flexibility index (Phi) is 5.53. The number of hydrogen-bond acceptors (Lipinski definition) is 3. The second kappa shape index (κ2) is 8.63. The predicted molar refractivity (Wildman–Crippen MR) is 125 cm³/mol. The molecule has 0 spiro atoms. The van der Waals surface area contributed by atoms with Crippen molar-refractivity contribution in [1.29, 1.82) is 0 Å². The lowest BCUT2D eigenvalue weighted by Gasteiger charge is -2.36. The van der Waals surface area contributed by atoms with E-state index in [1.807, 2.05) is 63.0 Å². The third kappa shape index (κ3) is 4.06. The molecule has 0 aliphatic carbocycles. The van der Waals surface area contributed by atoms with Gasteiger partial charge in [0.1, 0.15) is 5.82 Å². The van der Waals surface area contributed by atoms with Crippen molar-refractivity contribution >= 4 is 34.1 Å². The molecule has 5 rings (SSSR count). The molecule has 0 radical (unpaired) electrons. The third-order valence-electron chi connectivity index (χ3n) is 5.87. The first-order chi connectivity index (χ1) is 15.6. The summed E-state index contributed by atoms with van der Waals surface area (Å²) in [4.78, 5) is 17.0. The van der Waals surface area contributed by atoms with E-state index in [1.54, 1.807) is 18.3 Å². The number of para-hydroxylation sites is 1. The minimum atomic E-state index is -0.231. The van der Waals surface area contributed by atoms with Crippen LogP contribution in [-0.2, 0) is 6.54 Å². The molecule has 0 saturated carbocycles. The van der Waals surface area contributed by atoms with Gasteiger partial charge in [-0.3, -0.25) is 9.48 Å². The van der Waals surface area contributed by atoms with Gasteiger partial charge in [-0.1, -0.05) is 41.9 Å². The van der Waals surface area contributed by atoms with E-state index in [0.29, 0.717) is 49.0 Å². The lowest BCUT2D eigenvalue weighted by Crippen LogP contribution is -2.49. The number of carbonyl (C=O) groups is 1. The maximum atomic E-state index is 14.1. The molecule has 0 atom stereocenters. The summed E-state index contributed by atoms with van der Waals surface area (Å²) in [5.41, 5.74) is 3.17. The first kappa shape index (κ1) is 20.5. The van der Waals surface area contributed by atoms with Crippen molar-refractivity contribution in [3.05, 3.63) is 94.9 Å². The number of halogens is 2. The summed E-state index contributed by atoms with van der Waals surface area (Å²) in [5, 5.41) is 6.16. The molecule has 162 valence electrons. The van der Waals surface area contributed by atoms with Crippen LogP contribution < -0.4 is 4.90 Å². The molecule has 1 aliphatic heterocycles. The van der Waals surface area contributed by atoms with Crippen LogP contribution >= 0.6 is 11.6 Å². The molecule has 2 heterocycles. The first-order valence-corrected chi connectivity index (χ1v) is 10.9. The van der Waals surface area contributed by atoms with Crippen molar-refractivity contribution in [2.45, 2.75) is 6.54 Å². The van der Waals surface area contributed by atoms with Crippen LogP contribution in [0.2, 0.25) is 5.02 Å². The Labute approximate surface area is 190 Å². The highest BCUT2D eigenvalue weighted by molar-refractivity contribution is 6.30. The highest BCUT2D eigenvalue weighted by Crippen LogP contribution is 2.22.